The minimum atomic E-state index is -4.67. The van der Waals surface area contributed by atoms with Crippen LogP contribution in [-0.4, -0.2) is 65.0 Å². The Kier molecular flexibility index (Phi) is 5.81. The van der Waals surface area contributed by atoms with Gasteiger partial charge < -0.3 is 20.4 Å². The van der Waals surface area contributed by atoms with E-state index in [2.05, 4.69) is 20.8 Å². The Morgan fingerprint density at radius 3 is 2.66 bits per heavy atom. The molecule has 184 valence electrons. The van der Waals surface area contributed by atoms with Crippen LogP contribution in [0.5, 0.6) is 0 Å². The molecule has 9 nitrogen and oxygen atoms in total. The SMILES string of the molecule is O=C(NCCC1CC1)c1cc2c(nn1)N1CCN(C(=O)c3ccccc3C(F)(F)F)CC1C(=O)N2. The maximum Gasteiger partial charge on any atom is 0.417 e. The van der Waals surface area contributed by atoms with Crippen LogP contribution in [0.2, 0.25) is 0 Å². The molecular formula is C23H23F3N6O3. The fraction of sp³-hybridized carbons (Fsp3) is 0.435. The number of anilines is 2. The van der Waals surface area contributed by atoms with Crippen molar-refractivity contribution in [3.05, 3.63) is 47.2 Å². The first-order valence-corrected chi connectivity index (χ1v) is 11.4. The van der Waals surface area contributed by atoms with Crippen LogP contribution in [0.3, 0.4) is 0 Å². The Morgan fingerprint density at radius 2 is 1.91 bits per heavy atom. The first-order chi connectivity index (χ1) is 16.7. The quantitative estimate of drug-likeness (QED) is 0.669. The second-order valence-electron chi connectivity index (χ2n) is 8.95. The molecule has 1 aliphatic carbocycles. The van der Waals surface area contributed by atoms with E-state index >= 15 is 0 Å². The number of rotatable bonds is 5. The van der Waals surface area contributed by atoms with Gasteiger partial charge in [0.05, 0.1) is 23.4 Å². The van der Waals surface area contributed by atoms with E-state index in [1.54, 1.807) is 4.90 Å². The number of amides is 3. The van der Waals surface area contributed by atoms with Crippen LogP contribution in [0.1, 0.15) is 45.7 Å². The van der Waals surface area contributed by atoms with E-state index in [-0.39, 0.29) is 31.2 Å². The fourth-order valence-corrected chi connectivity index (χ4v) is 4.44. The van der Waals surface area contributed by atoms with Crippen LogP contribution in [0.4, 0.5) is 24.7 Å². The fourth-order valence-electron chi connectivity index (χ4n) is 4.44. The van der Waals surface area contributed by atoms with E-state index in [4.69, 9.17) is 0 Å². The van der Waals surface area contributed by atoms with Gasteiger partial charge in [-0.2, -0.15) is 13.2 Å². The van der Waals surface area contributed by atoms with Crippen LogP contribution in [-0.2, 0) is 11.0 Å². The molecule has 1 aromatic heterocycles. The van der Waals surface area contributed by atoms with Crippen LogP contribution in [0.25, 0.3) is 0 Å². The third-order valence-corrected chi connectivity index (χ3v) is 6.51. The van der Waals surface area contributed by atoms with E-state index in [1.165, 1.54) is 35.9 Å². The van der Waals surface area contributed by atoms with Crippen molar-refractivity contribution >= 4 is 29.2 Å². The number of nitrogens with zero attached hydrogens (tertiary/aromatic N) is 4. The van der Waals surface area contributed by atoms with Gasteiger partial charge in [-0.1, -0.05) is 25.0 Å². The largest absolute Gasteiger partial charge is 0.417 e. The predicted octanol–water partition coefficient (Wildman–Crippen LogP) is 2.31. The summed E-state index contributed by atoms with van der Waals surface area (Å²) in [5.74, 6) is -0.579. The lowest BCUT2D eigenvalue weighted by atomic mass is 10.0. The molecule has 3 aliphatic rings. The third kappa shape index (κ3) is 4.64. The second-order valence-corrected chi connectivity index (χ2v) is 8.95. The molecule has 5 rings (SSSR count). The number of halogens is 3. The zero-order valence-corrected chi connectivity index (χ0v) is 18.6. The van der Waals surface area contributed by atoms with Gasteiger partial charge in [-0.15, -0.1) is 10.2 Å². The average Bonchev–Trinajstić information content (AvgIpc) is 3.67. The number of nitrogens with one attached hydrogen (secondary N) is 2. The van der Waals surface area contributed by atoms with Crippen LogP contribution < -0.4 is 15.5 Å². The molecule has 0 spiro atoms. The number of benzene rings is 1. The summed E-state index contributed by atoms with van der Waals surface area (Å²) in [7, 11) is 0. The van der Waals surface area contributed by atoms with Crippen molar-refractivity contribution in [2.45, 2.75) is 31.5 Å². The summed E-state index contributed by atoms with van der Waals surface area (Å²) in [6.07, 6.45) is -1.38. The van der Waals surface area contributed by atoms with E-state index in [0.29, 0.717) is 24.0 Å². The van der Waals surface area contributed by atoms with Gasteiger partial charge in [0.1, 0.15) is 6.04 Å². The highest BCUT2D eigenvalue weighted by Gasteiger charge is 2.42. The van der Waals surface area contributed by atoms with Crippen LogP contribution in [0.15, 0.2) is 30.3 Å². The van der Waals surface area contributed by atoms with Gasteiger partial charge in [0.15, 0.2) is 11.5 Å². The molecule has 0 radical (unpaired) electrons. The molecule has 1 atom stereocenters. The predicted molar refractivity (Wildman–Crippen MR) is 119 cm³/mol. The molecule has 3 heterocycles. The summed E-state index contributed by atoms with van der Waals surface area (Å²) in [6, 6.07) is 5.21. The number of hydrogen-bond acceptors (Lipinski definition) is 6. The second kappa shape index (κ2) is 8.82. The molecule has 35 heavy (non-hydrogen) atoms. The molecule has 1 saturated heterocycles. The molecule has 2 aromatic rings. The van der Waals surface area contributed by atoms with Gasteiger partial charge >= 0.3 is 6.18 Å². The van der Waals surface area contributed by atoms with Crippen molar-refractivity contribution in [1.82, 2.24) is 20.4 Å². The minimum absolute atomic E-state index is 0.0795. The minimum Gasteiger partial charge on any atom is -0.351 e. The Morgan fingerprint density at radius 1 is 1.14 bits per heavy atom. The zero-order chi connectivity index (χ0) is 24.7. The zero-order valence-electron chi connectivity index (χ0n) is 18.6. The van der Waals surface area contributed by atoms with Crippen molar-refractivity contribution in [3.63, 3.8) is 0 Å². The molecule has 2 fully saturated rings. The highest BCUT2D eigenvalue weighted by Crippen LogP contribution is 2.35. The Labute approximate surface area is 198 Å². The number of carbonyl (C=O) groups excluding carboxylic acids is 3. The molecule has 1 saturated carbocycles. The molecule has 1 aromatic carbocycles. The Hall–Kier alpha value is -3.70. The lowest BCUT2D eigenvalue weighted by molar-refractivity contribution is -0.138. The summed E-state index contributed by atoms with van der Waals surface area (Å²) < 4.78 is 40.1. The molecule has 12 heteroatoms. The Bertz CT molecular complexity index is 1180. The van der Waals surface area contributed by atoms with Gasteiger partial charge in [-0.25, -0.2) is 0 Å². The molecule has 0 bridgehead atoms. The molecule has 2 N–H and O–H groups in total. The lowest BCUT2D eigenvalue weighted by Gasteiger charge is -2.44. The van der Waals surface area contributed by atoms with E-state index in [0.717, 1.165) is 18.6 Å². The number of aromatic nitrogens is 2. The highest BCUT2D eigenvalue weighted by molar-refractivity contribution is 6.05. The monoisotopic (exact) mass is 488 g/mol. The number of alkyl halides is 3. The number of fused-ring (bicyclic) bond motifs is 3. The van der Waals surface area contributed by atoms with E-state index < -0.39 is 35.2 Å². The standard InChI is InChI=1S/C23H23F3N6O3/c24-23(25,26)15-4-2-1-3-14(15)22(35)31-9-10-32-18(12-31)21(34)28-16-11-17(29-30-19(16)32)20(33)27-8-7-13-5-6-13/h1-4,11,13,18H,5-10,12H2,(H,27,33)(H,28,34). The van der Waals surface area contributed by atoms with E-state index in [9.17, 15) is 27.6 Å². The van der Waals surface area contributed by atoms with Gasteiger partial charge in [0, 0.05) is 19.6 Å². The first-order valence-electron chi connectivity index (χ1n) is 11.4. The van der Waals surface area contributed by atoms with Crippen molar-refractivity contribution in [3.8, 4) is 0 Å². The van der Waals surface area contributed by atoms with Gasteiger partial charge in [-0.3, -0.25) is 14.4 Å². The maximum atomic E-state index is 13.4. The smallest absolute Gasteiger partial charge is 0.351 e. The molecule has 1 unspecified atom stereocenters. The highest BCUT2D eigenvalue weighted by atomic mass is 19.4. The molecule has 3 amide bonds. The van der Waals surface area contributed by atoms with Crippen molar-refractivity contribution in [2.75, 3.05) is 36.4 Å². The topological polar surface area (TPSA) is 108 Å². The summed E-state index contributed by atoms with van der Waals surface area (Å²) in [5, 5.41) is 13.6. The molecule has 2 aliphatic heterocycles. The Balaban J connectivity index is 1.30. The van der Waals surface area contributed by atoms with Crippen molar-refractivity contribution < 1.29 is 27.6 Å². The summed E-state index contributed by atoms with van der Waals surface area (Å²) >= 11 is 0. The molecular weight excluding hydrogens is 465 g/mol. The average molecular weight is 488 g/mol. The van der Waals surface area contributed by atoms with Gasteiger partial charge in [-0.05, 0) is 30.5 Å². The van der Waals surface area contributed by atoms with Crippen molar-refractivity contribution in [1.29, 1.82) is 0 Å². The maximum absolute atomic E-state index is 13.4. The van der Waals surface area contributed by atoms with Crippen molar-refractivity contribution in [2.24, 2.45) is 5.92 Å². The normalized spacial score (nSPS) is 19.5. The summed E-state index contributed by atoms with van der Waals surface area (Å²) in [6.45, 7) is 0.706. The number of piperazine rings is 1. The van der Waals surface area contributed by atoms with Crippen LogP contribution in [0, 0.1) is 5.92 Å². The summed E-state index contributed by atoms with van der Waals surface area (Å²) in [4.78, 5) is 41.1. The van der Waals surface area contributed by atoms with E-state index in [1.807, 2.05) is 0 Å². The summed E-state index contributed by atoms with van der Waals surface area (Å²) in [5.41, 5.74) is -1.06. The number of carbonyl (C=O) groups is 3. The third-order valence-electron chi connectivity index (χ3n) is 6.51. The van der Waals surface area contributed by atoms with Crippen LogP contribution >= 0.6 is 0 Å². The first kappa shape index (κ1) is 23.1. The number of hydrogen-bond donors (Lipinski definition) is 2. The van der Waals surface area contributed by atoms with Gasteiger partial charge in [0.25, 0.3) is 11.8 Å². The lowest BCUT2D eigenvalue weighted by Crippen LogP contribution is -2.61. The van der Waals surface area contributed by atoms with Gasteiger partial charge in [0.2, 0.25) is 5.91 Å².